The van der Waals surface area contributed by atoms with E-state index in [1.807, 2.05) is 0 Å². The quantitative estimate of drug-likeness (QED) is 0.0265. The average Bonchev–Trinajstić information content (AvgIpc) is 1.66. The number of rotatable bonds is 33. The third kappa shape index (κ3) is 13.0. The van der Waals surface area contributed by atoms with E-state index in [-0.39, 0.29) is 135 Å². The zero-order valence-corrected chi connectivity index (χ0v) is 54.2. The van der Waals surface area contributed by atoms with E-state index in [1.165, 1.54) is 67.3 Å². The van der Waals surface area contributed by atoms with Gasteiger partial charge in [-0.05, 0) is 105 Å². The van der Waals surface area contributed by atoms with Crippen molar-refractivity contribution in [1.82, 2.24) is 0 Å². The predicted molar refractivity (Wildman–Crippen MR) is 327 cm³/mol. The van der Waals surface area contributed by atoms with Gasteiger partial charge in [-0.25, -0.2) is 0 Å². The molecule has 0 radical (unpaired) electrons. The van der Waals surface area contributed by atoms with E-state index in [9.17, 15) is 67.1 Å². The number of hydrogen-bond acceptors (Lipinski definition) is 22. The molecule has 0 bridgehead atoms. The molecule has 8 saturated carbocycles. The van der Waals surface area contributed by atoms with Gasteiger partial charge in [-0.3, -0.25) is 67.1 Å². The summed E-state index contributed by atoms with van der Waals surface area (Å²) in [5, 5.41) is 0. The molecule has 14 atom stereocenters. The van der Waals surface area contributed by atoms with E-state index in [0.717, 1.165) is 0 Å². The molecule has 92 heavy (non-hydrogen) atoms. The Morgan fingerprint density at radius 3 is 0.913 bits per heavy atom. The topological polar surface area (TPSA) is 313 Å². The maximum atomic E-state index is 13.6. The smallest absolute Gasteiger partial charge is 0.324 e. The molecule has 22 nitrogen and oxygen atoms in total. The minimum absolute atomic E-state index is 0.0993. The van der Waals surface area contributed by atoms with E-state index < -0.39 is 103 Å². The summed E-state index contributed by atoms with van der Waals surface area (Å²) < 4.78 is 42.0. The molecule has 0 amide bonds. The van der Waals surface area contributed by atoms with Crippen LogP contribution in [0.5, 0.6) is 0 Å². The highest BCUT2D eigenvalue weighted by Crippen LogP contribution is 2.61. The Morgan fingerprint density at radius 2 is 0.630 bits per heavy atom. The maximum absolute atomic E-state index is 13.6. The zero-order valence-electron chi connectivity index (χ0n) is 54.2. The highest BCUT2D eigenvalue weighted by molar-refractivity contribution is 6.11. The van der Waals surface area contributed by atoms with Gasteiger partial charge in [-0.2, -0.15) is 0 Å². The van der Waals surface area contributed by atoms with E-state index in [0.29, 0.717) is 51.4 Å². The second-order valence-corrected chi connectivity index (χ2v) is 25.9. The van der Waals surface area contributed by atoms with Gasteiger partial charge >= 0.3 is 47.8 Å². The Labute approximate surface area is 536 Å². The maximum Gasteiger partial charge on any atom is 0.324 e. The number of carbonyl (C=O) groups is 14. The first-order valence-electron chi connectivity index (χ1n) is 31.1. The van der Waals surface area contributed by atoms with Crippen LogP contribution in [0.2, 0.25) is 0 Å². The van der Waals surface area contributed by atoms with Crippen molar-refractivity contribution in [3.05, 3.63) is 88.6 Å². The average molecular weight is 1280 g/mol. The van der Waals surface area contributed by atoms with Crippen LogP contribution in [-0.2, 0) is 105 Å². The van der Waals surface area contributed by atoms with Crippen molar-refractivity contribution >= 4 is 82.5 Å². The number of ketones is 6. The Balaban J connectivity index is 0.000000226. The lowest BCUT2D eigenvalue weighted by molar-refractivity contribution is -0.172. The van der Waals surface area contributed by atoms with Crippen LogP contribution in [0.15, 0.2) is 88.6 Å². The molecule has 500 valence electrons. The Kier molecular flexibility index (Phi) is 22.3. The van der Waals surface area contributed by atoms with Crippen LogP contribution in [0.1, 0.15) is 125 Å². The molecular formula is C70H88O22. The largest absolute Gasteiger partial charge is 0.468 e. The number of esters is 8. The van der Waals surface area contributed by atoms with Crippen LogP contribution in [0.25, 0.3) is 0 Å². The minimum atomic E-state index is -1.40. The molecule has 0 aromatic rings. The molecule has 8 aliphatic carbocycles. The predicted octanol–water partition coefficient (Wildman–Crippen LogP) is 7.52. The molecule has 0 aliphatic heterocycles. The third-order valence-corrected chi connectivity index (χ3v) is 21.1. The highest BCUT2D eigenvalue weighted by atomic mass is 16.6. The zero-order chi connectivity index (χ0) is 68.9. The van der Waals surface area contributed by atoms with E-state index in [1.54, 1.807) is 31.2 Å². The van der Waals surface area contributed by atoms with Crippen LogP contribution < -0.4 is 0 Å². The standard InChI is InChI=1S/C30H38O9.C22H28O7.C18H22O6/c1-8-20-12-28(20,18(5)31)25(35)38-16-27(11-4,15-23(33)30(24(34)37-7)14-22(30)10-3)17-39-26(36)29(19(6)32)13-21(29)9-2;1-5-14-11-21(14,13(3)23)19(25)28-16-7-9-17(10-8-16)29-20(26)22(18(24)27-4)12-15(22)6-2;1-5-12-9-17(12,11(3)19)16(22)24-8-7-14(20)18(15(21)23-4)10-13(18)6-2/h8-10,20-22H,1-3,11-17H2,4-7H3;5-6,14-17H,1-2,7-12H2,3-4H3;5-6,12-13H,1-2,7-10H2,3-4H3. The lowest BCUT2D eigenvalue weighted by atomic mass is 9.77. The van der Waals surface area contributed by atoms with Crippen LogP contribution in [0.4, 0.5) is 0 Å². The summed E-state index contributed by atoms with van der Waals surface area (Å²) >= 11 is 0. The molecule has 0 N–H and O–H groups in total. The summed E-state index contributed by atoms with van der Waals surface area (Å²) in [7, 11) is 3.68. The van der Waals surface area contributed by atoms with Gasteiger partial charge in [0.15, 0.2) is 17.0 Å². The number of ether oxygens (including phenoxy) is 8. The van der Waals surface area contributed by atoms with Gasteiger partial charge in [0.2, 0.25) is 0 Å². The fourth-order valence-electron chi connectivity index (χ4n) is 13.6. The molecule has 0 heterocycles. The molecule has 8 aliphatic rings. The lowest BCUT2D eigenvalue weighted by Gasteiger charge is -2.33. The summed E-state index contributed by atoms with van der Waals surface area (Å²) in [6.45, 7) is 31.9. The molecule has 0 saturated heterocycles. The Morgan fingerprint density at radius 1 is 0.370 bits per heavy atom. The Bertz CT molecular complexity index is 3090. The van der Waals surface area contributed by atoms with Crippen molar-refractivity contribution in [3.63, 3.8) is 0 Å². The van der Waals surface area contributed by atoms with Crippen molar-refractivity contribution in [2.45, 2.75) is 137 Å². The second kappa shape index (κ2) is 28.0. The number of Topliss-reactive ketones (excluding diaryl/α,β-unsaturated/α-hetero) is 6. The van der Waals surface area contributed by atoms with Crippen molar-refractivity contribution < 1.29 is 105 Å². The number of hydrogen-bond donors (Lipinski definition) is 0. The molecule has 14 unspecified atom stereocenters. The first-order chi connectivity index (χ1) is 43.4. The van der Waals surface area contributed by atoms with Crippen molar-refractivity contribution in [3.8, 4) is 0 Å². The van der Waals surface area contributed by atoms with E-state index in [2.05, 4.69) is 46.1 Å². The summed E-state index contributed by atoms with van der Waals surface area (Å²) in [6.07, 6.45) is 14.7. The molecule has 0 aromatic carbocycles. The van der Waals surface area contributed by atoms with Gasteiger partial charge in [0, 0.05) is 59.7 Å². The normalized spacial score (nSPS) is 34.6. The van der Waals surface area contributed by atoms with Crippen molar-refractivity contribution in [2.24, 2.45) is 84.7 Å². The van der Waals surface area contributed by atoms with Gasteiger partial charge < -0.3 is 37.9 Å². The monoisotopic (exact) mass is 1280 g/mol. The summed E-state index contributed by atoms with van der Waals surface area (Å²) in [4.78, 5) is 174. The summed E-state index contributed by atoms with van der Waals surface area (Å²) in [5.74, 6) is -8.89. The number of carbonyl (C=O) groups excluding carboxylic acids is 14. The molecule has 0 spiro atoms. The summed E-state index contributed by atoms with van der Waals surface area (Å²) in [6, 6.07) is 0. The van der Waals surface area contributed by atoms with E-state index >= 15 is 0 Å². The molecule has 22 heteroatoms. The number of methoxy groups -OCH3 is 3. The lowest BCUT2D eigenvalue weighted by Crippen LogP contribution is -2.42. The van der Waals surface area contributed by atoms with Crippen LogP contribution in [0.3, 0.4) is 0 Å². The van der Waals surface area contributed by atoms with Gasteiger partial charge in [0.1, 0.15) is 81.0 Å². The third-order valence-electron chi connectivity index (χ3n) is 21.1. The molecular weight excluding hydrogens is 1190 g/mol. The fourth-order valence-corrected chi connectivity index (χ4v) is 13.6. The van der Waals surface area contributed by atoms with Gasteiger partial charge in [0.05, 0.1) is 27.9 Å². The molecule has 0 aromatic heterocycles. The van der Waals surface area contributed by atoms with Crippen molar-refractivity contribution in [1.29, 1.82) is 0 Å². The Hall–Kier alpha value is -8.04. The van der Waals surface area contributed by atoms with Crippen molar-refractivity contribution in [2.75, 3.05) is 41.2 Å². The fraction of sp³-hybridized carbons (Fsp3) is 0.600. The summed E-state index contributed by atoms with van der Waals surface area (Å²) in [5.41, 5.74) is -9.92. The number of allylic oxidation sites excluding steroid dienone is 7. The first kappa shape index (κ1) is 73.0. The minimum Gasteiger partial charge on any atom is -0.468 e. The van der Waals surface area contributed by atoms with Crippen LogP contribution in [-0.4, -0.2) is 136 Å². The highest BCUT2D eigenvalue weighted by Gasteiger charge is 2.70. The molecule has 8 fully saturated rings. The molecule has 8 rings (SSSR count). The first-order valence-corrected chi connectivity index (χ1v) is 31.1. The van der Waals surface area contributed by atoms with E-state index in [4.69, 9.17) is 37.9 Å². The van der Waals surface area contributed by atoms with Gasteiger partial charge in [0.25, 0.3) is 0 Å². The second-order valence-electron chi connectivity index (χ2n) is 25.9. The van der Waals surface area contributed by atoms with Crippen LogP contribution >= 0.6 is 0 Å². The van der Waals surface area contributed by atoms with Crippen LogP contribution in [0, 0.1) is 84.7 Å². The SMILES string of the molecule is C=CC1CC1(C(C)=O)C(=O)OC1CCC(OC(=O)C2(C(=O)OC)CC2C=C)CC1.C=CC1CC1(C(C)=O)C(=O)OCC(CC)(COC(=O)C1(C(C)=O)CC1C=C)CC(=O)C1(C(=O)OC)CC1C=C.C=CC1CC1(C(C)=O)C(=O)OCCC(=O)C1(C(=O)OC)CC1C=C. The van der Waals surface area contributed by atoms with Gasteiger partial charge in [-0.1, -0.05) is 49.5 Å². The van der Waals surface area contributed by atoms with Gasteiger partial charge in [-0.15, -0.1) is 46.1 Å².